The smallest absolute Gasteiger partial charge is 0.251 e. The Hall–Kier alpha value is -3.93. The molecular weight excluding hydrogens is 554 g/mol. The van der Waals surface area contributed by atoms with E-state index in [1.54, 1.807) is 18.3 Å². The second-order valence-electron chi connectivity index (χ2n) is 10.9. The zero-order chi connectivity index (χ0) is 29.4. The molecule has 0 unspecified atom stereocenters. The normalized spacial score (nSPS) is 21.9. The van der Waals surface area contributed by atoms with Crippen molar-refractivity contribution >= 4 is 32.5 Å². The number of carbonyl (C=O) groups excluding carboxylic acids is 1. The Morgan fingerprint density at radius 3 is 2.60 bits per heavy atom. The van der Waals surface area contributed by atoms with Crippen LogP contribution in [0.5, 0.6) is 0 Å². The van der Waals surface area contributed by atoms with E-state index in [1.165, 1.54) is 6.07 Å². The fourth-order valence-corrected chi connectivity index (χ4v) is 6.93. The number of pyridine rings is 3. The molecule has 2 aliphatic rings. The van der Waals surface area contributed by atoms with E-state index in [-0.39, 0.29) is 53.6 Å². The van der Waals surface area contributed by atoms with Crippen molar-refractivity contribution in [3.63, 3.8) is 0 Å². The molecule has 10 nitrogen and oxygen atoms in total. The number of sulfone groups is 1. The molecule has 3 atom stereocenters. The summed E-state index contributed by atoms with van der Waals surface area (Å²) in [5.41, 5.74) is 3.70. The highest BCUT2D eigenvalue weighted by molar-refractivity contribution is 7.91. The number of nitrogens with zero attached hydrogens (tertiary/aromatic N) is 4. The van der Waals surface area contributed by atoms with Crippen LogP contribution in [-0.4, -0.2) is 66.9 Å². The standard InChI is InChI=1S/C31H33N5O5S/c1-19-17-36(18-20(2)41-19)30-6-4-5-26(35-30)27-10-8-23-15-32-24(14-28(23)34-27)16-33-31(37)22-7-9-25-21(3)40-11-12-42(38,39)29(25)13-22/h4-10,13-15,19-21H,11-12,16-18H2,1-3H3,(H,33,37)/t19-,20+,21-/m1/s1. The molecule has 1 N–H and O–H groups in total. The third-order valence-electron chi connectivity index (χ3n) is 7.57. The Morgan fingerprint density at radius 2 is 1.79 bits per heavy atom. The van der Waals surface area contributed by atoms with Crippen molar-refractivity contribution in [2.45, 2.75) is 50.5 Å². The minimum Gasteiger partial charge on any atom is -0.373 e. The lowest BCUT2D eigenvalue weighted by molar-refractivity contribution is -0.00545. The van der Waals surface area contributed by atoms with Crippen molar-refractivity contribution in [2.75, 3.05) is 30.3 Å². The lowest BCUT2D eigenvalue weighted by atomic mass is 10.1. The molecule has 11 heteroatoms. The zero-order valence-electron chi connectivity index (χ0n) is 23.8. The molecule has 218 valence electrons. The van der Waals surface area contributed by atoms with E-state index in [2.05, 4.69) is 29.0 Å². The number of nitrogens with one attached hydrogen (secondary N) is 1. The van der Waals surface area contributed by atoms with E-state index in [0.717, 1.165) is 41.2 Å². The van der Waals surface area contributed by atoms with E-state index in [1.807, 2.05) is 43.3 Å². The van der Waals surface area contributed by atoms with Gasteiger partial charge >= 0.3 is 0 Å². The van der Waals surface area contributed by atoms with Gasteiger partial charge in [-0.2, -0.15) is 0 Å². The number of hydrogen-bond donors (Lipinski definition) is 1. The van der Waals surface area contributed by atoms with Crippen LogP contribution in [0.15, 0.2) is 65.7 Å². The van der Waals surface area contributed by atoms with Crippen LogP contribution >= 0.6 is 0 Å². The molecule has 0 aliphatic carbocycles. The lowest BCUT2D eigenvalue weighted by Gasteiger charge is -2.36. The SMILES string of the molecule is C[C@@H]1CN(c2cccc(-c3ccc4cnc(CNC(=O)c5ccc6c(c5)S(=O)(=O)CCO[C@@H]6C)cc4n3)n2)C[C@H](C)O1. The fraction of sp³-hybridized carbons (Fsp3) is 0.355. The van der Waals surface area contributed by atoms with Gasteiger partial charge < -0.3 is 19.7 Å². The number of hydrogen-bond acceptors (Lipinski definition) is 9. The summed E-state index contributed by atoms with van der Waals surface area (Å²) >= 11 is 0. The number of carbonyl (C=O) groups is 1. The topological polar surface area (TPSA) is 124 Å². The summed E-state index contributed by atoms with van der Waals surface area (Å²) in [5.74, 6) is 0.390. The molecule has 1 fully saturated rings. The molecule has 1 aromatic carbocycles. The minimum atomic E-state index is -3.54. The molecule has 0 saturated carbocycles. The summed E-state index contributed by atoms with van der Waals surface area (Å²) < 4.78 is 36.9. The van der Waals surface area contributed by atoms with Crippen molar-refractivity contribution < 1.29 is 22.7 Å². The largest absolute Gasteiger partial charge is 0.373 e. The van der Waals surface area contributed by atoms with Crippen LogP contribution in [0.2, 0.25) is 0 Å². The maximum absolute atomic E-state index is 13.0. The van der Waals surface area contributed by atoms with Crippen molar-refractivity contribution in [3.05, 3.63) is 77.6 Å². The summed E-state index contributed by atoms with van der Waals surface area (Å²) in [6.07, 6.45) is 1.63. The minimum absolute atomic E-state index is 0.114. The first-order valence-corrected chi connectivity index (χ1v) is 15.7. The van der Waals surface area contributed by atoms with Crippen LogP contribution < -0.4 is 10.2 Å². The second kappa shape index (κ2) is 11.4. The average Bonchev–Trinajstić information content (AvgIpc) is 3.09. The number of benzene rings is 1. The van der Waals surface area contributed by atoms with Gasteiger partial charge in [-0.15, -0.1) is 0 Å². The predicted octanol–water partition coefficient (Wildman–Crippen LogP) is 4.10. The zero-order valence-corrected chi connectivity index (χ0v) is 24.6. The van der Waals surface area contributed by atoms with E-state index >= 15 is 0 Å². The Labute approximate surface area is 245 Å². The first-order chi connectivity index (χ1) is 20.2. The van der Waals surface area contributed by atoms with Gasteiger partial charge in [0.1, 0.15) is 5.82 Å². The van der Waals surface area contributed by atoms with Crippen molar-refractivity contribution in [3.8, 4) is 11.4 Å². The van der Waals surface area contributed by atoms with Gasteiger partial charge in [0.25, 0.3) is 5.91 Å². The quantitative estimate of drug-likeness (QED) is 0.368. The number of rotatable bonds is 5. The van der Waals surface area contributed by atoms with Gasteiger partial charge in [0, 0.05) is 30.2 Å². The van der Waals surface area contributed by atoms with E-state index < -0.39 is 9.84 Å². The maximum Gasteiger partial charge on any atom is 0.251 e. The highest BCUT2D eigenvalue weighted by Gasteiger charge is 2.27. The van der Waals surface area contributed by atoms with E-state index in [0.29, 0.717) is 11.3 Å². The third-order valence-corrected chi connectivity index (χ3v) is 9.30. The molecule has 1 amide bonds. The molecule has 0 spiro atoms. The number of amides is 1. The molecule has 4 aromatic rings. The predicted molar refractivity (Wildman–Crippen MR) is 159 cm³/mol. The molecule has 5 heterocycles. The number of anilines is 1. The van der Waals surface area contributed by atoms with Gasteiger partial charge in [-0.25, -0.2) is 18.4 Å². The summed E-state index contributed by atoms with van der Waals surface area (Å²) in [6.45, 7) is 7.78. The van der Waals surface area contributed by atoms with Crippen LogP contribution in [0.25, 0.3) is 22.3 Å². The first-order valence-electron chi connectivity index (χ1n) is 14.1. The Kier molecular flexibility index (Phi) is 7.65. The van der Waals surface area contributed by atoms with Crippen LogP contribution in [-0.2, 0) is 25.9 Å². The van der Waals surface area contributed by atoms with Crippen LogP contribution in [0, 0.1) is 0 Å². The van der Waals surface area contributed by atoms with Gasteiger partial charge in [0.2, 0.25) is 0 Å². The Morgan fingerprint density at radius 1 is 1.00 bits per heavy atom. The second-order valence-corrected chi connectivity index (χ2v) is 13.0. The van der Waals surface area contributed by atoms with Crippen LogP contribution in [0.4, 0.5) is 5.82 Å². The highest BCUT2D eigenvalue weighted by atomic mass is 32.2. The van der Waals surface area contributed by atoms with Gasteiger partial charge in [-0.1, -0.05) is 12.1 Å². The third kappa shape index (κ3) is 5.85. The molecule has 6 rings (SSSR count). The Balaban J connectivity index is 1.20. The first kappa shape index (κ1) is 28.2. The van der Waals surface area contributed by atoms with E-state index in [9.17, 15) is 13.2 Å². The molecular formula is C31H33N5O5S. The summed E-state index contributed by atoms with van der Waals surface area (Å²) in [4.78, 5) is 29.6. The highest BCUT2D eigenvalue weighted by Crippen LogP contribution is 2.30. The number of fused-ring (bicyclic) bond motifs is 2. The van der Waals surface area contributed by atoms with Gasteiger partial charge in [0.15, 0.2) is 9.84 Å². The molecule has 0 bridgehead atoms. The summed E-state index contributed by atoms with van der Waals surface area (Å²) in [5, 5.41) is 3.72. The average molecular weight is 588 g/mol. The van der Waals surface area contributed by atoms with Gasteiger partial charge in [0.05, 0.1) is 64.7 Å². The maximum atomic E-state index is 13.0. The molecule has 2 aliphatic heterocycles. The number of ether oxygens (including phenoxy) is 2. The van der Waals surface area contributed by atoms with Crippen LogP contribution in [0.1, 0.15) is 48.5 Å². The van der Waals surface area contributed by atoms with Crippen LogP contribution in [0.3, 0.4) is 0 Å². The summed E-state index contributed by atoms with van der Waals surface area (Å²) in [6, 6.07) is 16.4. The fourth-order valence-electron chi connectivity index (χ4n) is 5.49. The van der Waals surface area contributed by atoms with E-state index in [4.69, 9.17) is 19.4 Å². The lowest BCUT2D eigenvalue weighted by Crippen LogP contribution is -2.45. The Bertz CT molecular complexity index is 1750. The van der Waals surface area contributed by atoms with Crippen molar-refractivity contribution in [2.24, 2.45) is 0 Å². The molecule has 0 radical (unpaired) electrons. The van der Waals surface area contributed by atoms with Gasteiger partial charge in [-0.3, -0.25) is 9.78 Å². The number of morpholine rings is 1. The van der Waals surface area contributed by atoms with Gasteiger partial charge in [-0.05, 0) is 68.8 Å². The van der Waals surface area contributed by atoms with Crippen molar-refractivity contribution in [1.82, 2.24) is 20.3 Å². The molecule has 42 heavy (non-hydrogen) atoms. The summed E-state index contributed by atoms with van der Waals surface area (Å²) in [7, 11) is -3.54. The molecule has 3 aromatic heterocycles. The monoisotopic (exact) mass is 587 g/mol. The number of aromatic nitrogens is 3. The molecule has 1 saturated heterocycles. The van der Waals surface area contributed by atoms with Crippen molar-refractivity contribution in [1.29, 1.82) is 0 Å².